The van der Waals surface area contributed by atoms with E-state index in [1.54, 1.807) is 48.5 Å². The Kier molecular flexibility index (Phi) is 8.37. The summed E-state index contributed by atoms with van der Waals surface area (Å²) in [7, 11) is 0. The molecule has 0 aliphatic carbocycles. The van der Waals surface area contributed by atoms with E-state index < -0.39 is 23.4 Å². The molecule has 0 spiro atoms. The minimum absolute atomic E-state index is 0.00646. The quantitative estimate of drug-likeness (QED) is 0.241. The van der Waals surface area contributed by atoms with Gasteiger partial charge in [0.05, 0.1) is 24.2 Å². The van der Waals surface area contributed by atoms with Crippen LogP contribution < -0.4 is 16.4 Å². The molecule has 5 rings (SSSR count). The zero-order chi connectivity index (χ0) is 28.9. The highest BCUT2D eigenvalue weighted by Crippen LogP contribution is 2.32. The highest BCUT2D eigenvalue weighted by Gasteiger charge is 2.27. The van der Waals surface area contributed by atoms with E-state index in [-0.39, 0.29) is 40.3 Å². The van der Waals surface area contributed by atoms with Gasteiger partial charge in [0, 0.05) is 35.2 Å². The number of amides is 2. The fourth-order valence-electron chi connectivity index (χ4n) is 4.28. The molecule has 0 saturated carbocycles. The zero-order valence-electron chi connectivity index (χ0n) is 21.5. The summed E-state index contributed by atoms with van der Waals surface area (Å²) in [5.41, 5.74) is 8.38. The number of nitrogens with zero attached hydrogens (tertiary/aromatic N) is 1. The molecule has 2 heterocycles. The number of cyclic esters (lactones) is 1. The summed E-state index contributed by atoms with van der Waals surface area (Å²) in [6.07, 6.45) is 2.93. The van der Waals surface area contributed by atoms with E-state index in [1.165, 1.54) is 36.2 Å². The number of thioether (sulfide) groups is 1. The second-order valence-corrected chi connectivity index (χ2v) is 10.4. The number of nitrogens with two attached hydrogens (primary N) is 1. The van der Waals surface area contributed by atoms with E-state index in [0.717, 1.165) is 11.8 Å². The molecule has 4 N–H and O–H groups in total. The Hall–Kier alpha value is -4.61. The summed E-state index contributed by atoms with van der Waals surface area (Å²) in [5.74, 6) is -2.70. The molecular weight excluding hydrogens is 550 g/mol. The van der Waals surface area contributed by atoms with Crippen molar-refractivity contribution in [3.8, 4) is 11.1 Å². The van der Waals surface area contributed by atoms with Crippen LogP contribution in [0.3, 0.4) is 0 Å². The van der Waals surface area contributed by atoms with Crippen molar-refractivity contribution in [2.45, 2.75) is 23.1 Å². The molecule has 3 aromatic carbocycles. The van der Waals surface area contributed by atoms with Crippen LogP contribution in [-0.4, -0.2) is 34.6 Å². The molecular formula is C30H24F2N4O4S. The van der Waals surface area contributed by atoms with Gasteiger partial charge in [0.15, 0.2) is 5.82 Å². The maximum absolute atomic E-state index is 14.8. The third kappa shape index (κ3) is 6.42. The molecule has 41 heavy (non-hydrogen) atoms. The molecule has 11 heteroatoms. The minimum atomic E-state index is -0.665. The van der Waals surface area contributed by atoms with Crippen LogP contribution in [0.2, 0.25) is 0 Å². The van der Waals surface area contributed by atoms with Crippen molar-refractivity contribution in [2.24, 2.45) is 5.73 Å². The largest absolute Gasteiger partial charge is 0.465 e. The molecule has 1 aliphatic rings. The molecule has 8 nitrogen and oxygen atoms in total. The topological polar surface area (TPSA) is 123 Å². The number of esters is 1. The molecule has 4 aromatic rings. The number of benzene rings is 3. The predicted octanol–water partition coefficient (Wildman–Crippen LogP) is 5.40. The van der Waals surface area contributed by atoms with Crippen LogP contribution in [0.5, 0.6) is 0 Å². The smallest absolute Gasteiger partial charge is 0.319 e. The Bertz CT molecular complexity index is 1650. The third-order valence-corrected chi connectivity index (χ3v) is 7.64. The number of ether oxygens (including phenoxy) is 1. The molecule has 208 valence electrons. The van der Waals surface area contributed by atoms with Gasteiger partial charge in [0.1, 0.15) is 11.1 Å². The number of carbonyl (C=O) groups is 3. The molecule has 1 aliphatic heterocycles. The third-order valence-electron chi connectivity index (χ3n) is 6.40. The van der Waals surface area contributed by atoms with Gasteiger partial charge in [0.2, 0.25) is 0 Å². The summed E-state index contributed by atoms with van der Waals surface area (Å²) in [5, 5.41) is 4.73. The number of rotatable bonds is 8. The summed E-state index contributed by atoms with van der Waals surface area (Å²) in [6.45, 7) is 0.517. The number of aromatic nitrogens is 1. The molecule has 1 saturated heterocycles. The van der Waals surface area contributed by atoms with Gasteiger partial charge < -0.3 is 21.1 Å². The van der Waals surface area contributed by atoms with Gasteiger partial charge in [-0.15, -0.1) is 11.8 Å². The number of pyridine rings is 1. The van der Waals surface area contributed by atoms with Gasteiger partial charge in [-0.2, -0.15) is 0 Å². The average molecular weight is 575 g/mol. The van der Waals surface area contributed by atoms with E-state index in [4.69, 9.17) is 10.5 Å². The SMILES string of the molecule is NCc1ccc(C(=O)Nc2ccncc2F)cc1-c1cccc(C(=O)Nc2ccc(SC3CCOC3=O)cc2F)c1. The van der Waals surface area contributed by atoms with Gasteiger partial charge in [-0.3, -0.25) is 19.4 Å². The van der Waals surface area contributed by atoms with Gasteiger partial charge in [-0.05, 0) is 65.2 Å². The first-order valence-corrected chi connectivity index (χ1v) is 13.5. The lowest BCUT2D eigenvalue weighted by atomic mass is 9.95. The summed E-state index contributed by atoms with van der Waals surface area (Å²) in [6, 6.07) is 17.2. The van der Waals surface area contributed by atoms with Crippen LogP contribution in [0.25, 0.3) is 11.1 Å². The molecule has 0 radical (unpaired) electrons. The van der Waals surface area contributed by atoms with Crippen LogP contribution in [0.1, 0.15) is 32.7 Å². The standard InChI is InChI=1S/C30H24F2N4O4S/c31-23-14-21(41-27-9-11-40-30(27)39)6-7-25(23)35-28(37)18-3-1-2-17(12-18)22-13-19(4-5-20(22)15-33)29(38)36-26-8-10-34-16-24(26)32/h1-8,10,12-14,16,27H,9,11,15,33H2,(H,35,37)(H,34,36,38). The normalized spacial score (nSPS) is 14.4. The highest BCUT2D eigenvalue weighted by molar-refractivity contribution is 8.00. The summed E-state index contributed by atoms with van der Waals surface area (Å²) in [4.78, 5) is 41.8. The van der Waals surface area contributed by atoms with Crippen molar-refractivity contribution in [2.75, 3.05) is 17.2 Å². The molecule has 2 amide bonds. The number of hydrogen-bond acceptors (Lipinski definition) is 7. The van der Waals surface area contributed by atoms with Crippen LogP contribution >= 0.6 is 11.8 Å². The maximum Gasteiger partial charge on any atom is 0.319 e. The van der Waals surface area contributed by atoms with Gasteiger partial charge in [-0.1, -0.05) is 18.2 Å². The number of halogens is 2. The molecule has 1 aromatic heterocycles. The Morgan fingerprint density at radius 1 is 0.951 bits per heavy atom. The fraction of sp³-hybridized carbons (Fsp3) is 0.133. The number of anilines is 2. The van der Waals surface area contributed by atoms with Crippen LogP contribution in [0.4, 0.5) is 20.2 Å². The molecule has 1 atom stereocenters. The van der Waals surface area contributed by atoms with Crippen molar-refractivity contribution in [1.82, 2.24) is 4.98 Å². The summed E-state index contributed by atoms with van der Waals surface area (Å²) < 4.78 is 33.7. The highest BCUT2D eigenvalue weighted by atomic mass is 32.2. The first-order chi connectivity index (χ1) is 19.8. The first kappa shape index (κ1) is 27.9. The van der Waals surface area contributed by atoms with Gasteiger partial charge in [0.25, 0.3) is 11.8 Å². The van der Waals surface area contributed by atoms with Crippen molar-refractivity contribution < 1.29 is 27.9 Å². The monoisotopic (exact) mass is 574 g/mol. The van der Waals surface area contributed by atoms with Crippen LogP contribution in [0, 0.1) is 11.6 Å². The Morgan fingerprint density at radius 3 is 2.39 bits per heavy atom. The molecule has 0 bridgehead atoms. The van der Waals surface area contributed by atoms with Crippen molar-refractivity contribution in [3.63, 3.8) is 0 Å². The number of nitrogens with one attached hydrogen (secondary N) is 2. The lowest BCUT2D eigenvalue weighted by molar-refractivity contribution is -0.137. The Morgan fingerprint density at radius 2 is 1.71 bits per heavy atom. The van der Waals surface area contributed by atoms with E-state index >= 15 is 0 Å². The first-order valence-electron chi connectivity index (χ1n) is 12.6. The van der Waals surface area contributed by atoms with Crippen molar-refractivity contribution in [1.29, 1.82) is 0 Å². The van der Waals surface area contributed by atoms with Gasteiger partial charge >= 0.3 is 5.97 Å². The predicted molar refractivity (Wildman–Crippen MR) is 151 cm³/mol. The number of carbonyl (C=O) groups excluding carboxylic acids is 3. The van der Waals surface area contributed by atoms with E-state index in [1.807, 2.05) is 0 Å². The second kappa shape index (κ2) is 12.3. The lowest BCUT2D eigenvalue weighted by Gasteiger charge is -2.13. The van der Waals surface area contributed by atoms with E-state index in [0.29, 0.717) is 29.1 Å². The van der Waals surface area contributed by atoms with Crippen LogP contribution in [0.15, 0.2) is 84.0 Å². The Labute approximate surface area is 238 Å². The molecule has 1 fully saturated rings. The number of hydrogen-bond donors (Lipinski definition) is 3. The van der Waals surface area contributed by atoms with Gasteiger partial charge in [-0.25, -0.2) is 8.78 Å². The zero-order valence-corrected chi connectivity index (χ0v) is 22.3. The van der Waals surface area contributed by atoms with E-state index in [2.05, 4.69) is 15.6 Å². The summed E-state index contributed by atoms with van der Waals surface area (Å²) >= 11 is 1.22. The van der Waals surface area contributed by atoms with E-state index in [9.17, 15) is 23.2 Å². The van der Waals surface area contributed by atoms with Crippen molar-refractivity contribution in [3.05, 3.63) is 107 Å². The van der Waals surface area contributed by atoms with Crippen LogP contribution in [-0.2, 0) is 16.1 Å². The fourth-order valence-corrected chi connectivity index (χ4v) is 5.30. The molecule has 1 unspecified atom stereocenters. The average Bonchev–Trinajstić information content (AvgIpc) is 3.39. The lowest BCUT2D eigenvalue weighted by Crippen LogP contribution is -2.14. The maximum atomic E-state index is 14.8. The minimum Gasteiger partial charge on any atom is -0.465 e. The second-order valence-electron chi connectivity index (χ2n) is 9.12. The Balaban J connectivity index is 1.34. The van der Waals surface area contributed by atoms with Crippen molar-refractivity contribution >= 4 is 40.9 Å².